The molecule has 0 bridgehead atoms. The molecule has 0 amide bonds. The fraction of sp³-hybridized carbons (Fsp3) is 0.535. The molecule has 0 heterocycles. The molecule has 0 spiro atoms. The van der Waals surface area contributed by atoms with Crippen LogP contribution in [0, 0.1) is 6.92 Å². The van der Waals surface area contributed by atoms with E-state index in [4.69, 9.17) is 35.4 Å². The molecule has 0 atom stereocenters. The first kappa shape index (κ1) is 50.7. The van der Waals surface area contributed by atoms with E-state index < -0.39 is 62.3 Å². The maximum absolute atomic E-state index is 13.0. The second-order valence-corrected chi connectivity index (χ2v) is 44.7. The minimum Gasteiger partial charge on any atom is -0.494 e. The highest BCUT2D eigenvalue weighted by atomic mass is 28.5. The van der Waals surface area contributed by atoms with Crippen LogP contribution >= 0.6 is 0 Å². The molecule has 3 aromatic carbocycles. The lowest BCUT2D eigenvalue weighted by Gasteiger charge is -2.37. The molecular weight excluding hydrogens is 845 g/mol. The van der Waals surface area contributed by atoms with E-state index in [1.807, 2.05) is 0 Å². The molecule has 0 radical (unpaired) electrons. The Hall–Kier alpha value is -2.66. The van der Waals surface area contributed by atoms with Crippen LogP contribution in [0.4, 0.5) is 0 Å². The van der Waals surface area contributed by atoms with Crippen molar-refractivity contribution in [3.8, 4) is 23.0 Å². The van der Waals surface area contributed by atoms with Gasteiger partial charge in [-0.15, -0.1) is 0 Å². The van der Waals surface area contributed by atoms with Crippen LogP contribution in [-0.2, 0) is 16.5 Å². The van der Waals surface area contributed by atoms with E-state index in [1.54, 1.807) is 73.7 Å². The van der Waals surface area contributed by atoms with Crippen LogP contribution in [0.2, 0.25) is 104 Å². The van der Waals surface area contributed by atoms with Gasteiger partial charge >= 0.3 is 29.1 Å². The Morgan fingerprint density at radius 3 is 1.20 bits per heavy atom. The largest absolute Gasteiger partial charge is 0.494 e. The summed E-state index contributed by atoms with van der Waals surface area (Å²) in [4.78, 5) is 25.9. The summed E-state index contributed by atoms with van der Waals surface area (Å²) in [5, 5.41) is 0. The first-order valence-electron chi connectivity index (χ1n) is 20.9. The first-order valence-corrected chi connectivity index (χ1v) is 39.6. The fourth-order valence-electron chi connectivity index (χ4n) is 7.13. The Morgan fingerprint density at radius 1 is 0.458 bits per heavy atom. The van der Waals surface area contributed by atoms with Gasteiger partial charge in [0, 0.05) is 0 Å². The number of hydrogen-bond acceptors (Lipinski definition) is 10. The van der Waals surface area contributed by atoms with Crippen molar-refractivity contribution in [3.05, 3.63) is 83.4 Å². The number of carbonyl (C=O) groups is 2. The Kier molecular flexibility index (Phi) is 18.4. The number of hydrogen-bond donors (Lipinski definition) is 0. The van der Waals surface area contributed by atoms with Crippen LogP contribution in [-0.4, -0.2) is 75.5 Å². The molecule has 0 aliphatic heterocycles. The molecule has 0 saturated carbocycles. The van der Waals surface area contributed by atoms with Crippen LogP contribution in [0.3, 0.4) is 0 Å². The van der Waals surface area contributed by atoms with Gasteiger partial charge < -0.3 is 35.4 Å². The van der Waals surface area contributed by atoms with Gasteiger partial charge in [-0.2, -0.15) is 0 Å². The molecule has 0 aromatic heterocycles. The van der Waals surface area contributed by atoms with E-state index in [2.05, 4.69) is 91.7 Å². The molecule has 59 heavy (non-hydrogen) atoms. The number of ether oxygens (including phenoxy) is 4. The summed E-state index contributed by atoms with van der Waals surface area (Å²) in [6, 6.07) is 20.9. The fourth-order valence-corrected chi connectivity index (χ4v) is 33.7. The maximum Gasteiger partial charge on any atom is 0.343 e. The summed E-state index contributed by atoms with van der Waals surface area (Å²) in [5.74, 6) is 1.14. The van der Waals surface area contributed by atoms with Gasteiger partial charge in [-0.3, -0.25) is 0 Å². The number of carbonyl (C=O) groups excluding carboxylic acids is 2. The molecule has 0 unspecified atom stereocenters. The monoisotopic (exact) mass is 916 g/mol. The van der Waals surface area contributed by atoms with Gasteiger partial charge in [-0.05, 0) is 196 Å². The topological polar surface area (TPSA) is 108 Å². The first-order chi connectivity index (χ1) is 27.1. The second kappa shape index (κ2) is 21.4. The molecule has 3 rings (SSSR count). The van der Waals surface area contributed by atoms with Gasteiger partial charge in [0.15, 0.2) is 33.3 Å². The van der Waals surface area contributed by atoms with Gasteiger partial charge in [0.2, 0.25) is 0 Å². The van der Waals surface area contributed by atoms with E-state index in [-0.39, 0.29) is 0 Å². The highest BCUT2D eigenvalue weighted by Gasteiger charge is 2.38. The summed E-state index contributed by atoms with van der Waals surface area (Å²) in [7, 11) is -11.3. The summed E-state index contributed by atoms with van der Waals surface area (Å²) < 4.78 is 49.2. The summed E-state index contributed by atoms with van der Waals surface area (Å²) in [6.07, 6.45) is 3.88. The predicted octanol–water partition coefficient (Wildman–Crippen LogP) is 12.3. The molecule has 0 fully saturated rings. The molecule has 0 aliphatic rings. The summed E-state index contributed by atoms with van der Waals surface area (Å²) >= 11 is 0. The molecular formula is C43H72O10Si6. The van der Waals surface area contributed by atoms with Crippen molar-refractivity contribution in [3.63, 3.8) is 0 Å². The molecule has 10 nitrogen and oxygen atoms in total. The number of benzene rings is 3. The maximum atomic E-state index is 13.0. The lowest BCUT2D eigenvalue weighted by atomic mass is 10.2. The molecule has 328 valence electrons. The van der Waals surface area contributed by atoms with Gasteiger partial charge in [0.05, 0.1) is 24.3 Å². The van der Waals surface area contributed by atoms with E-state index in [1.165, 1.54) is 0 Å². The van der Waals surface area contributed by atoms with Crippen LogP contribution in [0.15, 0.2) is 66.7 Å². The van der Waals surface area contributed by atoms with Crippen molar-refractivity contribution < 1.29 is 45.0 Å². The predicted molar refractivity (Wildman–Crippen MR) is 254 cm³/mol. The van der Waals surface area contributed by atoms with Gasteiger partial charge in [0.1, 0.15) is 23.0 Å². The van der Waals surface area contributed by atoms with Gasteiger partial charge in [-0.25, -0.2) is 9.59 Å². The van der Waals surface area contributed by atoms with Crippen molar-refractivity contribution >= 4 is 62.3 Å². The SMILES string of the molecule is Cc1cc(OC(=O)c2ccc(OCCCC[Si](C)(C)O[Si](C)(C)O[Si](C)(C)C)cc2)ccc1OC(=O)c1ccc(OCCCC[Si](C)(C)O[Si](C)(C)O[Si](C)(C)C)cc1. The van der Waals surface area contributed by atoms with E-state index in [0.29, 0.717) is 52.9 Å². The zero-order valence-corrected chi connectivity index (χ0v) is 44.6. The zero-order valence-electron chi connectivity index (χ0n) is 38.6. The smallest absolute Gasteiger partial charge is 0.343 e. The van der Waals surface area contributed by atoms with E-state index in [9.17, 15) is 9.59 Å². The molecule has 16 heteroatoms. The van der Waals surface area contributed by atoms with Crippen molar-refractivity contribution in [2.24, 2.45) is 0 Å². The van der Waals surface area contributed by atoms with Crippen molar-refractivity contribution in [2.75, 3.05) is 13.2 Å². The average Bonchev–Trinajstić information content (AvgIpc) is 3.06. The number of esters is 2. The third-order valence-electron chi connectivity index (χ3n) is 8.77. The molecule has 0 N–H and O–H groups in total. The number of rotatable bonds is 24. The Labute approximate surface area is 361 Å². The van der Waals surface area contributed by atoms with Crippen molar-refractivity contribution in [2.45, 2.75) is 136 Å². The number of unbranched alkanes of at least 4 members (excludes halogenated alkanes) is 2. The van der Waals surface area contributed by atoms with E-state index in [0.717, 1.165) is 37.8 Å². The summed E-state index contributed by atoms with van der Waals surface area (Å²) in [5.41, 5.74) is 1.46. The quantitative estimate of drug-likeness (QED) is 0.0373. The van der Waals surface area contributed by atoms with Crippen LogP contribution < -0.4 is 18.9 Å². The Bertz CT molecular complexity index is 1800. The minimum atomic E-state index is -2.14. The minimum absolute atomic E-state index is 0.350. The van der Waals surface area contributed by atoms with Crippen LogP contribution in [0.25, 0.3) is 0 Å². The van der Waals surface area contributed by atoms with Crippen LogP contribution in [0.1, 0.15) is 52.0 Å². The molecule has 0 saturated heterocycles. The van der Waals surface area contributed by atoms with Crippen molar-refractivity contribution in [1.29, 1.82) is 0 Å². The third-order valence-corrected chi connectivity index (χ3v) is 29.1. The highest BCUT2D eigenvalue weighted by Crippen LogP contribution is 2.28. The third kappa shape index (κ3) is 20.2. The second-order valence-electron chi connectivity index (χ2n) is 19.3. The highest BCUT2D eigenvalue weighted by molar-refractivity contribution is 6.88. The number of aryl methyl sites for hydroxylation is 1. The summed E-state index contributed by atoms with van der Waals surface area (Å²) in [6.45, 7) is 34.0. The Balaban J connectivity index is 1.39. The molecule has 3 aromatic rings. The lowest BCUT2D eigenvalue weighted by Crippen LogP contribution is -2.51. The van der Waals surface area contributed by atoms with Gasteiger partial charge in [0.25, 0.3) is 0 Å². The van der Waals surface area contributed by atoms with Gasteiger partial charge in [-0.1, -0.05) is 12.8 Å². The molecule has 0 aliphatic carbocycles. The average molecular weight is 918 g/mol. The lowest BCUT2D eigenvalue weighted by molar-refractivity contribution is 0.0718. The van der Waals surface area contributed by atoms with E-state index >= 15 is 0 Å². The normalized spacial score (nSPS) is 12.9. The standard InChI is InChI=1S/C43H72O10Si6/c1-35-34-40(48-42(44)36-20-24-38(25-21-36)46-30-16-18-32-56(8,9)52-58(12,13)50-54(2,3)4)28-29-41(35)49-43(45)37-22-26-39(27-23-37)47-31-17-19-33-57(10,11)53-59(14,15)51-55(5,6)7/h20-29,34H,16-19,30-33H2,1-15H3. The Morgan fingerprint density at radius 2 is 0.831 bits per heavy atom. The van der Waals surface area contributed by atoms with Crippen molar-refractivity contribution in [1.82, 2.24) is 0 Å². The zero-order chi connectivity index (χ0) is 44.3. The van der Waals surface area contributed by atoms with Crippen LogP contribution in [0.5, 0.6) is 23.0 Å².